The maximum atomic E-state index is 14.1. The first-order chi connectivity index (χ1) is 29.4. The fourth-order valence-corrected chi connectivity index (χ4v) is 9.21. The highest BCUT2D eigenvalue weighted by atomic mass is 16.5. The summed E-state index contributed by atoms with van der Waals surface area (Å²) in [5.74, 6) is 1.74. The number of quaternary nitrogens is 1. The zero-order valence-corrected chi connectivity index (χ0v) is 35.7. The molecule has 0 saturated carbocycles. The van der Waals surface area contributed by atoms with E-state index < -0.39 is 24.3 Å². The molecule has 4 amide bonds. The molecule has 3 aliphatic rings. The van der Waals surface area contributed by atoms with Gasteiger partial charge in [0.1, 0.15) is 30.0 Å². The van der Waals surface area contributed by atoms with Crippen molar-refractivity contribution < 1.29 is 43.4 Å². The third-order valence-corrected chi connectivity index (χ3v) is 12.4. The average molecular weight is 836 g/mol. The van der Waals surface area contributed by atoms with Gasteiger partial charge in [0.2, 0.25) is 5.91 Å². The van der Waals surface area contributed by atoms with E-state index >= 15 is 0 Å². The van der Waals surface area contributed by atoms with Gasteiger partial charge in [0.05, 0.1) is 55.8 Å². The summed E-state index contributed by atoms with van der Waals surface area (Å²) in [6.45, 7) is 9.60. The lowest BCUT2D eigenvalue weighted by Gasteiger charge is -2.30. The Morgan fingerprint density at radius 1 is 0.918 bits per heavy atom. The van der Waals surface area contributed by atoms with Crippen molar-refractivity contribution in [3.63, 3.8) is 0 Å². The number of amides is 4. The summed E-state index contributed by atoms with van der Waals surface area (Å²) >= 11 is 0. The SMILES string of the molecule is COCC1CC(c2nc3c(ccc4cc5c(cc43)OCc3cc(-c4cnc(C6CCCN6C(=O)C([NH2+]C(=O)OC)C(C)C)[nH]4)ccc3-5)[nH]2)N(C(=O)C(NC(=O)OC)C(C)C)C1. The molecule has 0 radical (unpaired) electrons. The van der Waals surface area contributed by atoms with Crippen LogP contribution in [0.15, 0.2) is 48.7 Å². The van der Waals surface area contributed by atoms with Crippen molar-refractivity contribution in [1.29, 1.82) is 0 Å². The molecule has 61 heavy (non-hydrogen) atoms. The van der Waals surface area contributed by atoms with E-state index in [1.807, 2.05) is 49.8 Å². The molecule has 322 valence electrons. The maximum Gasteiger partial charge on any atom is 0.513 e. The molecular weight excluding hydrogens is 781 g/mol. The number of hydrogen-bond acceptors (Lipinski definition) is 10. The topological polar surface area (TPSA) is 198 Å². The Kier molecular flexibility index (Phi) is 11.7. The molecule has 5 aromatic rings. The summed E-state index contributed by atoms with van der Waals surface area (Å²) in [5.41, 5.74) is 6.54. The molecule has 0 spiro atoms. The van der Waals surface area contributed by atoms with Gasteiger partial charge in [0, 0.05) is 43.0 Å². The zero-order valence-electron chi connectivity index (χ0n) is 35.7. The molecule has 5 atom stereocenters. The Bertz CT molecular complexity index is 2480. The molecule has 16 heteroatoms. The molecule has 0 bridgehead atoms. The van der Waals surface area contributed by atoms with Crippen molar-refractivity contribution in [1.82, 2.24) is 35.1 Å². The molecule has 5 unspecified atom stereocenters. The number of fused-ring (bicyclic) bond motifs is 6. The van der Waals surface area contributed by atoms with Crippen LogP contribution in [0.5, 0.6) is 5.75 Å². The largest absolute Gasteiger partial charge is 0.513 e. The number of nitrogens with two attached hydrogens (primary N) is 1. The second-order valence-electron chi connectivity index (χ2n) is 17.1. The number of aromatic nitrogens is 4. The van der Waals surface area contributed by atoms with Crippen LogP contribution in [-0.4, -0.2) is 107 Å². The summed E-state index contributed by atoms with van der Waals surface area (Å²) in [5, 5.41) is 6.05. The van der Waals surface area contributed by atoms with E-state index in [1.54, 1.807) is 7.11 Å². The number of primary amides is 1. The van der Waals surface area contributed by atoms with Gasteiger partial charge in [-0.1, -0.05) is 45.9 Å². The Morgan fingerprint density at radius 2 is 1.74 bits per heavy atom. The van der Waals surface area contributed by atoms with Crippen LogP contribution >= 0.6 is 0 Å². The molecule has 2 saturated heterocycles. The van der Waals surface area contributed by atoms with E-state index in [0.717, 1.165) is 74.2 Å². The number of nitrogens with one attached hydrogen (secondary N) is 3. The van der Waals surface area contributed by atoms with Crippen LogP contribution in [0.4, 0.5) is 9.59 Å². The highest BCUT2D eigenvalue weighted by Gasteiger charge is 2.42. The van der Waals surface area contributed by atoms with Gasteiger partial charge in [-0.05, 0) is 71.5 Å². The number of alkyl carbamates (subject to hydrolysis) is 1. The second-order valence-corrected chi connectivity index (χ2v) is 17.1. The highest BCUT2D eigenvalue weighted by molar-refractivity contribution is 6.07. The van der Waals surface area contributed by atoms with Crippen LogP contribution < -0.4 is 15.4 Å². The normalized spacial score (nSPS) is 19.5. The molecule has 3 aliphatic heterocycles. The van der Waals surface area contributed by atoms with E-state index in [4.69, 9.17) is 28.9 Å². The van der Waals surface area contributed by atoms with Gasteiger partial charge in [0.25, 0.3) is 5.91 Å². The predicted molar refractivity (Wildman–Crippen MR) is 226 cm³/mol. The van der Waals surface area contributed by atoms with Crippen LogP contribution in [0.25, 0.3) is 44.2 Å². The molecule has 2 fully saturated rings. The van der Waals surface area contributed by atoms with Crippen LogP contribution in [0, 0.1) is 17.8 Å². The van der Waals surface area contributed by atoms with Crippen molar-refractivity contribution in [3.8, 4) is 28.1 Å². The average Bonchev–Trinajstić information content (AvgIpc) is 4.09. The lowest BCUT2D eigenvalue weighted by atomic mass is 9.92. The van der Waals surface area contributed by atoms with Crippen molar-refractivity contribution in [3.05, 3.63) is 65.9 Å². The Morgan fingerprint density at radius 3 is 2.48 bits per heavy atom. The minimum atomic E-state index is -0.760. The first-order valence-corrected chi connectivity index (χ1v) is 21.0. The van der Waals surface area contributed by atoms with E-state index in [-0.39, 0.29) is 41.7 Å². The van der Waals surface area contributed by atoms with Gasteiger partial charge in [-0.3, -0.25) is 9.59 Å². The zero-order chi connectivity index (χ0) is 43.1. The standard InChI is InChI=1S/C45H54N8O8/c1-23(2)37(50-44(56)59-6)42(54)52-14-8-9-34(52)40-46-19-33(48-40)27-10-12-29-28(16-27)22-61-36-18-30-26(17-31(29)36)11-13-32-39(30)49-41(47-32)35-15-25(21-58-5)20-53(35)43(55)38(24(3)4)51-45(57)60-7/h10-13,16-19,23-25,34-35,37-38H,8-9,14-15,20-22H2,1-7H3,(H,46,48)(H,47,49)(H,50,56)(H,51,57)/p+1. The van der Waals surface area contributed by atoms with Gasteiger partial charge < -0.3 is 44.0 Å². The lowest BCUT2D eigenvalue weighted by Crippen LogP contribution is -2.96. The second kappa shape index (κ2) is 17.2. The minimum Gasteiger partial charge on any atom is -0.488 e. The Balaban J connectivity index is 1.05. The summed E-state index contributed by atoms with van der Waals surface area (Å²) < 4.78 is 21.6. The number of likely N-dealkylation sites (tertiary alicyclic amines) is 2. The summed E-state index contributed by atoms with van der Waals surface area (Å²) in [4.78, 5) is 72.6. The van der Waals surface area contributed by atoms with Gasteiger partial charge in [-0.25, -0.2) is 20.1 Å². The number of methoxy groups -OCH3 is 3. The lowest BCUT2D eigenvalue weighted by molar-refractivity contribution is -0.601. The quantitative estimate of drug-likeness (QED) is 0.130. The van der Waals surface area contributed by atoms with E-state index in [9.17, 15) is 19.2 Å². The van der Waals surface area contributed by atoms with Gasteiger partial charge in [-0.2, -0.15) is 4.79 Å². The third kappa shape index (κ3) is 8.01. The molecule has 0 aliphatic carbocycles. The smallest absolute Gasteiger partial charge is 0.488 e. The molecule has 3 aromatic carbocycles. The monoisotopic (exact) mass is 835 g/mol. The van der Waals surface area contributed by atoms with Crippen molar-refractivity contribution in [2.24, 2.45) is 17.8 Å². The number of hydrogen-bond donors (Lipinski definition) is 4. The molecule has 5 heterocycles. The number of benzene rings is 3. The van der Waals surface area contributed by atoms with Gasteiger partial charge in [-0.15, -0.1) is 0 Å². The minimum absolute atomic E-state index is 0.0655. The van der Waals surface area contributed by atoms with Crippen molar-refractivity contribution in [2.75, 3.05) is 41.0 Å². The van der Waals surface area contributed by atoms with E-state index in [2.05, 4.69) is 51.7 Å². The molecule has 16 nitrogen and oxygen atoms in total. The maximum absolute atomic E-state index is 14.1. The van der Waals surface area contributed by atoms with Crippen LogP contribution in [-0.2, 0) is 30.4 Å². The number of nitrogens with zero attached hydrogens (tertiary/aromatic N) is 4. The summed E-state index contributed by atoms with van der Waals surface area (Å²) in [7, 11) is 4.27. The third-order valence-electron chi connectivity index (χ3n) is 12.4. The fourth-order valence-electron chi connectivity index (χ4n) is 9.21. The van der Waals surface area contributed by atoms with Crippen molar-refractivity contribution >= 4 is 45.8 Å². The van der Waals surface area contributed by atoms with Crippen molar-refractivity contribution in [2.45, 2.75) is 77.7 Å². The van der Waals surface area contributed by atoms with Crippen LogP contribution in [0.2, 0.25) is 0 Å². The van der Waals surface area contributed by atoms with Crippen LogP contribution in [0.1, 0.15) is 76.3 Å². The number of H-pyrrole nitrogens is 2. The first-order valence-electron chi connectivity index (χ1n) is 21.0. The Hall–Kier alpha value is -6.00. The predicted octanol–water partition coefficient (Wildman–Crippen LogP) is 5.60. The Labute approximate surface area is 354 Å². The number of rotatable bonds is 11. The number of aromatic amines is 2. The summed E-state index contributed by atoms with van der Waals surface area (Å²) in [6, 6.07) is 12.7. The molecule has 5 N–H and O–H groups in total. The number of carbonyl (C=O) groups is 4. The van der Waals surface area contributed by atoms with Gasteiger partial charge >= 0.3 is 12.2 Å². The number of carbonyl (C=O) groups excluding carboxylic acids is 4. The summed E-state index contributed by atoms with van der Waals surface area (Å²) in [6.07, 6.45) is 2.94. The molecule has 2 aromatic heterocycles. The molecular formula is C45H55N8O8+. The first kappa shape index (κ1) is 41.7. The highest BCUT2D eigenvalue weighted by Crippen LogP contribution is 2.44. The number of ether oxygens (including phenoxy) is 4. The van der Waals surface area contributed by atoms with Crippen LogP contribution in [0.3, 0.4) is 0 Å². The van der Waals surface area contributed by atoms with E-state index in [0.29, 0.717) is 38.5 Å². The fraction of sp³-hybridized carbons (Fsp3) is 0.467. The van der Waals surface area contributed by atoms with Gasteiger partial charge in [0.15, 0.2) is 6.04 Å². The van der Waals surface area contributed by atoms with E-state index in [1.165, 1.54) is 19.5 Å². The number of imidazole rings is 2. The molecule has 8 rings (SSSR count).